The van der Waals surface area contributed by atoms with E-state index in [0.29, 0.717) is 0 Å². The molecule has 3 nitrogen and oxygen atoms in total. The van der Waals surface area contributed by atoms with Gasteiger partial charge in [-0.3, -0.25) is 0 Å². The highest BCUT2D eigenvalue weighted by Crippen LogP contribution is 2.24. The Bertz CT molecular complexity index is 386. The van der Waals surface area contributed by atoms with E-state index in [0.717, 1.165) is 37.8 Å². The molecule has 2 N–H and O–H groups in total. The van der Waals surface area contributed by atoms with Crippen molar-refractivity contribution >= 4 is 0 Å². The van der Waals surface area contributed by atoms with Gasteiger partial charge in [0.25, 0.3) is 0 Å². The van der Waals surface area contributed by atoms with E-state index in [1.165, 1.54) is 16.7 Å². The molecule has 1 saturated heterocycles. The third-order valence-electron chi connectivity index (χ3n) is 3.31. The van der Waals surface area contributed by atoms with Gasteiger partial charge in [-0.15, -0.1) is 0 Å². The van der Waals surface area contributed by atoms with E-state index in [4.69, 9.17) is 4.74 Å². The first-order valence-electron chi connectivity index (χ1n) is 6.26. The van der Waals surface area contributed by atoms with Crippen LogP contribution in [0.3, 0.4) is 0 Å². The van der Waals surface area contributed by atoms with Gasteiger partial charge >= 0.3 is 0 Å². The molecule has 1 heterocycles. The largest absolute Gasteiger partial charge is 0.496 e. The Morgan fingerprint density at radius 3 is 2.71 bits per heavy atom. The van der Waals surface area contributed by atoms with Gasteiger partial charge in [0.15, 0.2) is 0 Å². The molecule has 0 radical (unpaired) electrons. The first-order chi connectivity index (χ1) is 8.20. The summed E-state index contributed by atoms with van der Waals surface area (Å²) < 4.78 is 5.48. The van der Waals surface area contributed by atoms with Crippen molar-refractivity contribution in [3.63, 3.8) is 0 Å². The maximum absolute atomic E-state index is 5.48. The average Bonchev–Trinajstić information content (AvgIpc) is 2.21. The zero-order valence-electron chi connectivity index (χ0n) is 11.0. The Morgan fingerprint density at radius 2 is 2.12 bits per heavy atom. The second-order valence-electron chi connectivity index (χ2n) is 4.93. The number of aryl methyl sites for hydroxylation is 2. The van der Waals surface area contributed by atoms with Gasteiger partial charge in [-0.05, 0) is 25.3 Å². The molecule has 1 aliphatic rings. The molecule has 0 atom stereocenters. The Kier molecular flexibility index (Phi) is 4.02. The predicted molar refractivity (Wildman–Crippen MR) is 70.5 cm³/mol. The molecule has 0 aromatic heterocycles. The average molecular weight is 234 g/mol. The molecule has 0 spiro atoms. The summed E-state index contributed by atoms with van der Waals surface area (Å²) in [5.74, 6) is 1.82. The van der Waals surface area contributed by atoms with Crippen LogP contribution >= 0.6 is 0 Å². The topological polar surface area (TPSA) is 33.3 Å². The van der Waals surface area contributed by atoms with E-state index >= 15 is 0 Å². The molecule has 1 aromatic carbocycles. The van der Waals surface area contributed by atoms with Crippen LogP contribution in [0.2, 0.25) is 0 Å². The smallest absolute Gasteiger partial charge is 0.126 e. The summed E-state index contributed by atoms with van der Waals surface area (Å²) in [4.78, 5) is 0. The molecule has 0 saturated carbocycles. The Morgan fingerprint density at radius 1 is 1.35 bits per heavy atom. The highest BCUT2D eigenvalue weighted by Gasteiger charge is 2.16. The van der Waals surface area contributed by atoms with Gasteiger partial charge in [0.2, 0.25) is 0 Å². The SMILES string of the molecule is COc1c(C)cc(C)cc1CNCC1CNC1. The number of nitrogens with one attached hydrogen (secondary N) is 2. The lowest BCUT2D eigenvalue weighted by Crippen LogP contribution is -2.47. The van der Waals surface area contributed by atoms with Gasteiger partial charge < -0.3 is 15.4 Å². The summed E-state index contributed by atoms with van der Waals surface area (Å²) in [6, 6.07) is 4.37. The van der Waals surface area contributed by atoms with Crippen molar-refractivity contribution in [1.29, 1.82) is 0 Å². The lowest BCUT2D eigenvalue weighted by molar-refractivity contribution is 0.329. The molecule has 0 unspecified atom stereocenters. The Labute approximate surface area is 104 Å². The summed E-state index contributed by atoms with van der Waals surface area (Å²) in [5.41, 5.74) is 3.78. The Hall–Kier alpha value is -1.06. The zero-order valence-corrected chi connectivity index (χ0v) is 11.0. The van der Waals surface area contributed by atoms with Crippen LogP contribution in [0.25, 0.3) is 0 Å². The van der Waals surface area contributed by atoms with Crippen molar-refractivity contribution in [1.82, 2.24) is 10.6 Å². The van der Waals surface area contributed by atoms with Crippen LogP contribution in [0.5, 0.6) is 5.75 Å². The minimum atomic E-state index is 0.798. The molecule has 17 heavy (non-hydrogen) atoms. The van der Waals surface area contributed by atoms with E-state index in [9.17, 15) is 0 Å². The predicted octanol–water partition coefficient (Wildman–Crippen LogP) is 1.62. The molecule has 3 heteroatoms. The molecule has 1 fully saturated rings. The normalized spacial score (nSPS) is 15.7. The van der Waals surface area contributed by atoms with Crippen LogP contribution in [-0.2, 0) is 6.54 Å². The molecular formula is C14H22N2O. The number of ether oxygens (including phenoxy) is 1. The Balaban J connectivity index is 1.97. The summed E-state index contributed by atoms with van der Waals surface area (Å²) in [6.07, 6.45) is 0. The van der Waals surface area contributed by atoms with E-state index in [-0.39, 0.29) is 0 Å². The van der Waals surface area contributed by atoms with Gasteiger partial charge in [0, 0.05) is 31.7 Å². The first kappa shape index (κ1) is 12.4. The monoisotopic (exact) mass is 234 g/mol. The van der Waals surface area contributed by atoms with E-state index in [1.807, 2.05) is 0 Å². The molecule has 2 rings (SSSR count). The number of hydrogen-bond donors (Lipinski definition) is 2. The molecule has 0 aliphatic carbocycles. The third-order valence-corrected chi connectivity index (χ3v) is 3.31. The second-order valence-corrected chi connectivity index (χ2v) is 4.93. The fraction of sp³-hybridized carbons (Fsp3) is 0.571. The van der Waals surface area contributed by atoms with E-state index < -0.39 is 0 Å². The van der Waals surface area contributed by atoms with Crippen molar-refractivity contribution in [3.05, 3.63) is 28.8 Å². The minimum Gasteiger partial charge on any atom is -0.496 e. The van der Waals surface area contributed by atoms with Gasteiger partial charge in [-0.2, -0.15) is 0 Å². The summed E-state index contributed by atoms with van der Waals surface area (Å²) in [6.45, 7) is 8.51. The molecular weight excluding hydrogens is 212 g/mol. The number of methoxy groups -OCH3 is 1. The highest BCUT2D eigenvalue weighted by molar-refractivity contribution is 5.43. The van der Waals surface area contributed by atoms with Gasteiger partial charge in [0.1, 0.15) is 5.75 Å². The van der Waals surface area contributed by atoms with Crippen LogP contribution in [-0.4, -0.2) is 26.7 Å². The number of rotatable bonds is 5. The molecule has 0 bridgehead atoms. The van der Waals surface area contributed by atoms with Gasteiger partial charge in [-0.25, -0.2) is 0 Å². The number of benzene rings is 1. The minimum absolute atomic E-state index is 0.798. The summed E-state index contributed by atoms with van der Waals surface area (Å²) >= 11 is 0. The lowest BCUT2D eigenvalue weighted by Gasteiger charge is -2.27. The van der Waals surface area contributed by atoms with Crippen molar-refractivity contribution < 1.29 is 4.74 Å². The van der Waals surface area contributed by atoms with Crippen LogP contribution in [0.4, 0.5) is 0 Å². The van der Waals surface area contributed by atoms with Crippen molar-refractivity contribution in [3.8, 4) is 5.75 Å². The molecule has 1 aromatic rings. The lowest BCUT2D eigenvalue weighted by atomic mass is 10.0. The standard InChI is InChI=1S/C14H22N2O/c1-10-4-11(2)14(17-3)13(5-10)9-16-8-12-6-15-7-12/h4-5,12,15-16H,6-9H2,1-3H3. The first-order valence-corrected chi connectivity index (χ1v) is 6.26. The van der Waals surface area contributed by atoms with Crippen molar-refractivity contribution in [2.75, 3.05) is 26.7 Å². The van der Waals surface area contributed by atoms with Crippen molar-refractivity contribution in [2.24, 2.45) is 5.92 Å². The van der Waals surface area contributed by atoms with Gasteiger partial charge in [-0.1, -0.05) is 17.7 Å². The van der Waals surface area contributed by atoms with Crippen LogP contribution in [0.1, 0.15) is 16.7 Å². The maximum atomic E-state index is 5.48. The quantitative estimate of drug-likeness (QED) is 0.812. The van der Waals surface area contributed by atoms with E-state index in [1.54, 1.807) is 7.11 Å². The van der Waals surface area contributed by atoms with Gasteiger partial charge in [0.05, 0.1) is 7.11 Å². The summed E-state index contributed by atoms with van der Waals surface area (Å²) in [5, 5.41) is 6.80. The molecule has 94 valence electrons. The van der Waals surface area contributed by atoms with Crippen LogP contribution in [0.15, 0.2) is 12.1 Å². The summed E-state index contributed by atoms with van der Waals surface area (Å²) in [7, 11) is 1.75. The second kappa shape index (κ2) is 5.52. The van der Waals surface area contributed by atoms with E-state index in [2.05, 4.69) is 36.6 Å². The fourth-order valence-corrected chi connectivity index (χ4v) is 2.37. The third kappa shape index (κ3) is 2.99. The van der Waals surface area contributed by atoms with Crippen molar-refractivity contribution in [2.45, 2.75) is 20.4 Å². The molecule has 1 aliphatic heterocycles. The molecule has 0 amide bonds. The van der Waals surface area contributed by atoms with Crippen LogP contribution in [0, 0.1) is 19.8 Å². The zero-order chi connectivity index (χ0) is 12.3. The number of hydrogen-bond acceptors (Lipinski definition) is 3. The highest BCUT2D eigenvalue weighted by atomic mass is 16.5. The van der Waals surface area contributed by atoms with Crippen LogP contribution < -0.4 is 15.4 Å². The maximum Gasteiger partial charge on any atom is 0.126 e. The fourth-order valence-electron chi connectivity index (χ4n) is 2.37.